The molecule has 2 fully saturated rings. The predicted molar refractivity (Wildman–Crippen MR) is 119 cm³/mol. The first-order valence-corrected chi connectivity index (χ1v) is 12.6. The minimum absolute atomic E-state index is 0.0971. The van der Waals surface area contributed by atoms with Gasteiger partial charge in [0.15, 0.2) is 0 Å². The average Bonchev–Trinajstić information content (AvgIpc) is 2.74. The molecule has 162 valence electrons. The third-order valence-electron chi connectivity index (χ3n) is 8.28. The highest BCUT2D eigenvalue weighted by atomic mass is 19.1. The Bertz CT molecular complexity index is 669. The molecule has 2 saturated carbocycles. The lowest BCUT2D eigenvalue weighted by Gasteiger charge is -2.42. The molecule has 0 aliphatic heterocycles. The van der Waals surface area contributed by atoms with Crippen LogP contribution in [-0.4, -0.2) is 12.7 Å². The highest BCUT2D eigenvalue weighted by molar-refractivity contribution is 5.37. The number of benzene rings is 1. The summed E-state index contributed by atoms with van der Waals surface area (Å²) in [4.78, 5) is 0. The highest BCUT2D eigenvalue weighted by Gasteiger charge is 2.36. The van der Waals surface area contributed by atoms with Gasteiger partial charge in [0.2, 0.25) is 0 Å². The minimum Gasteiger partial charge on any atom is -0.378 e. The average molecular weight is 401 g/mol. The van der Waals surface area contributed by atoms with Crippen LogP contribution in [0.5, 0.6) is 0 Å². The number of unbranched alkanes of at least 4 members (excludes halogenated alkanes) is 2. The van der Waals surface area contributed by atoms with Gasteiger partial charge in [-0.2, -0.15) is 0 Å². The van der Waals surface area contributed by atoms with Crippen molar-refractivity contribution in [1.29, 1.82) is 0 Å². The van der Waals surface area contributed by atoms with Crippen molar-refractivity contribution in [2.75, 3.05) is 6.61 Å². The van der Waals surface area contributed by atoms with Crippen molar-refractivity contribution in [2.24, 2.45) is 17.8 Å². The van der Waals surface area contributed by atoms with Gasteiger partial charge in [0.25, 0.3) is 0 Å². The molecule has 0 heterocycles. The normalized spacial score (nSPS) is 31.9. The number of ether oxygens (including phenoxy) is 1. The van der Waals surface area contributed by atoms with E-state index >= 15 is 4.39 Å². The monoisotopic (exact) mass is 400 g/mol. The molecule has 0 aromatic heterocycles. The SMILES string of the molecule is CCCCCC1CCc2cc(C3CCC4CC(OCC)CCC4C3)cc(F)c2C1. The number of halogens is 1. The van der Waals surface area contributed by atoms with Crippen LogP contribution in [0.3, 0.4) is 0 Å². The van der Waals surface area contributed by atoms with Crippen molar-refractivity contribution in [1.82, 2.24) is 0 Å². The predicted octanol–water partition coefficient (Wildman–Crippen LogP) is 7.60. The summed E-state index contributed by atoms with van der Waals surface area (Å²) in [6.07, 6.45) is 16.6. The molecule has 0 saturated heterocycles. The van der Waals surface area contributed by atoms with Crippen LogP contribution in [0.25, 0.3) is 0 Å². The molecule has 1 aromatic rings. The fraction of sp³-hybridized carbons (Fsp3) is 0.778. The Balaban J connectivity index is 1.39. The summed E-state index contributed by atoms with van der Waals surface area (Å²) in [6, 6.07) is 4.32. The topological polar surface area (TPSA) is 9.23 Å². The molecule has 0 amide bonds. The summed E-state index contributed by atoms with van der Waals surface area (Å²) in [5.74, 6) is 3.03. The molecule has 3 aliphatic carbocycles. The second kappa shape index (κ2) is 9.94. The molecule has 4 rings (SSSR count). The zero-order valence-electron chi connectivity index (χ0n) is 18.7. The lowest BCUT2D eigenvalue weighted by atomic mass is 9.65. The van der Waals surface area contributed by atoms with E-state index in [-0.39, 0.29) is 5.82 Å². The number of fused-ring (bicyclic) bond motifs is 2. The van der Waals surface area contributed by atoms with Crippen LogP contribution in [0, 0.1) is 23.6 Å². The zero-order valence-corrected chi connectivity index (χ0v) is 18.7. The molecule has 0 bridgehead atoms. The van der Waals surface area contributed by atoms with Crippen LogP contribution in [0.2, 0.25) is 0 Å². The maximum absolute atomic E-state index is 15.1. The van der Waals surface area contributed by atoms with Gasteiger partial charge >= 0.3 is 0 Å². The van der Waals surface area contributed by atoms with Crippen molar-refractivity contribution >= 4 is 0 Å². The van der Waals surface area contributed by atoms with E-state index < -0.39 is 0 Å². The molecule has 3 aliphatic rings. The summed E-state index contributed by atoms with van der Waals surface area (Å²) < 4.78 is 21.0. The molecule has 5 unspecified atom stereocenters. The quantitative estimate of drug-likeness (QED) is 0.428. The summed E-state index contributed by atoms with van der Waals surface area (Å²) in [6.45, 7) is 5.22. The van der Waals surface area contributed by atoms with E-state index in [1.165, 1.54) is 81.8 Å². The molecular weight excluding hydrogens is 359 g/mol. The van der Waals surface area contributed by atoms with Gasteiger partial charge in [0, 0.05) is 6.61 Å². The van der Waals surface area contributed by atoms with Gasteiger partial charge in [-0.25, -0.2) is 4.39 Å². The first kappa shape index (κ1) is 21.3. The van der Waals surface area contributed by atoms with Gasteiger partial charge < -0.3 is 4.74 Å². The standard InChI is InChI=1S/C27H41FO/c1-3-5-6-7-19-8-9-23-16-24(18-27(28)26(23)14-19)21-10-11-22-17-25(29-4-2)13-12-20(22)15-21/h16,18-22,25H,3-15,17H2,1-2H3. The van der Waals surface area contributed by atoms with Gasteiger partial charge in [0.05, 0.1) is 6.10 Å². The van der Waals surface area contributed by atoms with E-state index in [1.54, 1.807) is 0 Å². The zero-order chi connectivity index (χ0) is 20.2. The Hall–Kier alpha value is -0.890. The van der Waals surface area contributed by atoms with Crippen molar-refractivity contribution in [3.8, 4) is 0 Å². The van der Waals surface area contributed by atoms with E-state index in [0.717, 1.165) is 36.8 Å². The molecule has 0 radical (unpaired) electrons. The van der Waals surface area contributed by atoms with Gasteiger partial charge in [-0.05, 0) is 111 Å². The summed E-state index contributed by atoms with van der Waals surface area (Å²) >= 11 is 0. The van der Waals surface area contributed by atoms with Gasteiger partial charge in [-0.3, -0.25) is 0 Å². The number of rotatable bonds is 7. The molecule has 29 heavy (non-hydrogen) atoms. The van der Waals surface area contributed by atoms with Crippen molar-refractivity contribution in [2.45, 2.75) is 109 Å². The van der Waals surface area contributed by atoms with Crippen molar-refractivity contribution < 1.29 is 9.13 Å². The largest absolute Gasteiger partial charge is 0.378 e. The Morgan fingerprint density at radius 3 is 2.62 bits per heavy atom. The lowest BCUT2D eigenvalue weighted by molar-refractivity contribution is -0.00956. The van der Waals surface area contributed by atoms with E-state index in [9.17, 15) is 0 Å². The van der Waals surface area contributed by atoms with E-state index in [0.29, 0.717) is 17.9 Å². The van der Waals surface area contributed by atoms with Crippen LogP contribution in [0.1, 0.15) is 107 Å². The molecule has 1 aromatic carbocycles. The van der Waals surface area contributed by atoms with E-state index in [2.05, 4.69) is 19.9 Å². The van der Waals surface area contributed by atoms with Gasteiger partial charge in [0.1, 0.15) is 5.82 Å². The second-order valence-electron chi connectivity index (χ2n) is 10.2. The maximum Gasteiger partial charge on any atom is 0.126 e. The Labute approximate surface area is 177 Å². The molecule has 5 atom stereocenters. The smallest absolute Gasteiger partial charge is 0.126 e. The van der Waals surface area contributed by atoms with Crippen LogP contribution in [0.4, 0.5) is 4.39 Å². The fourth-order valence-electron chi connectivity index (χ4n) is 6.62. The van der Waals surface area contributed by atoms with E-state index in [1.807, 2.05) is 6.07 Å². The lowest BCUT2D eigenvalue weighted by Crippen LogP contribution is -2.33. The Morgan fingerprint density at radius 1 is 0.966 bits per heavy atom. The maximum atomic E-state index is 15.1. The third kappa shape index (κ3) is 5.06. The van der Waals surface area contributed by atoms with E-state index in [4.69, 9.17) is 4.74 Å². The Kier molecular flexibility index (Phi) is 7.32. The molecule has 2 heteroatoms. The summed E-state index contributed by atoms with van der Waals surface area (Å²) in [7, 11) is 0. The van der Waals surface area contributed by atoms with Crippen LogP contribution < -0.4 is 0 Å². The number of hydrogen-bond donors (Lipinski definition) is 0. The molecule has 0 spiro atoms. The minimum atomic E-state index is 0.0971. The summed E-state index contributed by atoms with van der Waals surface area (Å²) in [5.41, 5.74) is 3.68. The highest BCUT2D eigenvalue weighted by Crippen LogP contribution is 2.47. The molecular formula is C27H41FO. The number of aryl methyl sites for hydroxylation is 1. The fourth-order valence-corrected chi connectivity index (χ4v) is 6.62. The first-order chi connectivity index (χ1) is 14.2. The van der Waals surface area contributed by atoms with Crippen LogP contribution in [0.15, 0.2) is 12.1 Å². The van der Waals surface area contributed by atoms with Crippen molar-refractivity contribution in [3.63, 3.8) is 0 Å². The van der Waals surface area contributed by atoms with Crippen LogP contribution >= 0.6 is 0 Å². The molecule has 0 N–H and O–H groups in total. The van der Waals surface area contributed by atoms with Gasteiger partial charge in [-0.1, -0.05) is 38.7 Å². The Morgan fingerprint density at radius 2 is 1.79 bits per heavy atom. The molecule has 1 nitrogen and oxygen atoms in total. The van der Waals surface area contributed by atoms with Gasteiger partial charge in [-0.15, -0.1) is 0 Å². The van der Waals surface area contributed by atoms with Crippen molar-refractivity contribution in [3.05, 3.63) is 34.6 Å². The second-order valence-corrected chi connectivity index (χ2v) is 10.2. The van der Waals surface area contributed by atoms with Crippen LogP contribution in [-0.2, 0) is 17.6 Å². The third-order valence-corrected chi connectivity index (χ3v) is 8.28. The first-order valence-electron chi connectivity index (χ1n) is 12.6. The summed E-state index contributed by atoms with van der Waals surface area (Å²) in [5, 5.41) is 0. The number of hydrogen-bond acceptors (Lipinski definition) is 1.